The zero-order valence-corrected chi connectivity index (χ0v) is 16.3. The Balaban J connectivity index is 1.65. The molecule has 3 rings (SSSR count). The van der Waals surface area contributed by atoms with Gasteiger partial charge in [-0.1, -0.05) is 12.1 Å². The van der Waals surface area contributed by atoms with E-state index < -0.39 is 11.9 Å². The molecule has 0 saturated carbocycles. The van der Waals surface area contributed by atoms with Crippen LogP contribution in [0, 0.1) is 27.7 Å². The number of rotatable bonds is 4. The van der Waals surface area contributed by atoms with Gasteiger partial charge in [-0.25, -0.2) is 14.6 Å². The third kappa shape index (κ3) is 4.43. The molecule has 28 heavy (non-hydrogen) atoms. The van der Waals surface area contributed by atoms with Gasteiger partial charge in [-0.15, -0.1) is 0 Å². The number of hydrogen-bond acceptors (Lipinski definition) is 5. The normalized spacial score (nSPS) is 10.4. The smallest absolute Gasteiger partial charge is 0.344 e. The van der Waals surface area contributed by atoms with E-state index in [1.54, 1.807) is 24.3 Å². The summed E-state index contributed by atoms with van der Waals surface area (Å²) < 4.78 is 10.6. The minimum atomic E-state index is -0.490. The number of hydrogen-bond donors (Lipinski definition) is 0. The van der Waals surface area contributed by atoms with Crippen molar-refractivity contribution in [3.63, 3.8) is 0 Å². The first-order valence-corrected chi connectivity index (χ1v) is 8.88. The number of benzene rings is 2. The predicted octanol–water partition coefficient (Wildman–Crippen LogP) is 4.75. The van der Waals surface area contributed by atoms with E-state index >= 15 is 0 Å². The maximum atomic E-state index is 12.2. The van der Waals surface area contributed by atoms with E-state index in [0.29, 0.717) is 11.1 Å². The molecule has 0 N–H and O–H groups in total. The zero-order chi connectivity index (χ0) is 20.3. The fourth-order valence-corrected chi connectivity index (χ4v) is 2.54. The maximum Gasteiger partial charge on any atom is 0.344 e. The standard InChI is InChI=1S/C23H21NO4/c1-14-5-7-18(11-16(14)3)22(25)27-20-9-10-21(24-13-20)28-23(26)19-8-6-15(2)17(4)12-19/h5-13H,1-4H3. The van der Waals surface area contributed by atoms with E-state index in [1.165, 1.54) is 18.3 Å². The Kier molecular flexibility index (Phi) is 5.54. The van der Waals surface area contributed by atoms with Gasteiger partial charge in [-0.2, -0.15) is 0 Å². The first-order chi connectivity index (χ1) is 13.3. The molecule has 0 saturated heterocycles. The number of pyridine rings is 1. The van der Waals surface area contributed by atoms with Crippen molar-refractivity contribution in [3.8, 4) is 11.6 Å². The van der Waals surface area contributed by atoms with Gasteiger partial charge in [0.2, 0.25) is 5.88 Å². The lowest BCUT2D eigenvalue weighted by Crippen LogP contribution is -2.11. The summed E-state index contributed by atoms with van der Waals surface area (Å²) in [6, 6.07) is 13.8. The van der Waals surface area contributed by atoms with Crippen LogP contribution in [0.15, 0.2) is 54.7 Å². The molecule has 0 fully saturated rings. The van der Waals surface area contributed by atoms with Crippen LogP contribution >= 0.6 is 0 Å². The molecular formula is C23H21NO4. The molecule has 0 amide bonds. The van der Waals surface area contributed by atoms with Crippen LogP contribution < -0.4 is 9.47 Å². The Morgan fingerprint density at radius 1 is 0.679 bits per heavy atom. The molecule has 1 heterocycles. The molecule has 0 aliphatic carbocycles. The number of aryl methyl sites for hydroxylation is 4. The fourth-order valence-electron chi connectivity index (χ4n) is 2.54. The second-order valence-electron chi connectivity index (χ2n) is 6.71. The first-order valence-electron chi connectivity index (χ1n) is 8.88. The maximum absolute atomic E-state index is 12.2. The van der Waals surface area contributed by atoms with Gasteiger partial charge in [0.05, 0.1) is 17.3 Å². The van der Waals surface area contributed by atoms with Crippen molar-refractivity contribution < 1.29 is 19.1 Å². The second-order valence-corrected chi connectivity index (χ2v) is 6.71. The molecule has 2 aromatic carbocycles. The van der Waals surface area contributed by atoms with Crippen molar-refractivity contribution in [2.45, 2.75) is 27.7 Å². The third-order valence-electron chi connectivity index (χ3n) is 4.60. The van der Waals surface area contributed by atoms with Crippen LogP contribution in [0.4, 0.5) is 0 Å². The van der Waals surface area contributed by atoms with Gasteiger partial charge in [0, 0.05) is 6.07 Å². The highest BCUT2D eigenvalue weighted by atomic mass is 16.5. The molecule has 0 radical (unpaired) electrons. The van der Waals surface area contributed by atoms with Crippen molar-refractivity contribution in [3.05, 3.63) is 88.1 Å². The second kappa shape index (κ2) is 8.05. The Morgan fingerprint density at radius 3 is 1.68 bits per heavy atom. The summed E-state index contributed by atoms with van der Waals surface area (Å²) in [5.74, 6) is -0.552. The number of nitrogens with zero attached hydrogens (tertiary/aromatic N) is 1. The Hall–Kier alpha value is -3.47. The lowest BCUT2D eigenvalue weighted by Gasteiger charge is -2.08. The molecule has 142 valence electrons. The minimum Gasteiger partial charge on any atom is -0.421 e. The van der Waals surface area contributed by atoms with Gasteiger partial charge in [0.1, 0.15) is 5.75 Å². The lowest BCUT2D eigenvalue weighted by molar-refractivity contribution is 0.0713. The van der Waals surface area contributed by atoms with Crippen molar-refractivity contribution in [2.24, 2.45) is 0 Å². The third-order valence-corrected chi connectivity index (χ3v) is 4.60. The molecule has 0 atom stereocenters. The van der Waals surface area contributed by atoms with E-state index in [0.717, 1.165) is 22.3 Å². The molecule has 0 aliphatic heterocycles. The van der Waals surface area contributed by atoms with Crippen LogP contribution in [0.2, 0.25) is 0 Å². The molecular weight excluding hydrogens is 354 g/mol. The largest absolute Gasteiger partial charge is 0.421 e. The molecule has 0 aliphatic rings. The van der Waals surface area contributed by atoms with E-state index in [-0.39, 0.29) is 11.6 Å². The van der Waals surface area contributed by atoms with E-state index in [9.17, 15) is 9.59 Å². The van der Waals surface area contributed by atoms with Crippen LogP contribution in [-0.2, 0) is 0 Å². The van der Waals surface area contributed by atoms with E-state index in [2.05, 4.69) is 4.98 Å². The monoisotopic (exact) mass is 375 g/mol. The van der Waals surface area contributed by atoms with Crippen LogP contribution in [0.3, 0.4) is 0 Å². The van der Waals surface area contributed by atoms with E-state index in [4.69, 9.17) is 9.47 Å². The molecule has 0 unspecified atom stereocenters. The van der Waals surface area contributed by atoms with Gasteiger partial charge in [-0.05, 0) is 80.3 Å². The highest BCUT2D eigenvalue weighted by Crippen LogP contribution is 2.18. The fraction of sp³-hybridized carbons (Fsp3) is 0.174. The van der Waals surface area contributed by atoms with Crippen LogP contribution in [0.25, 0.3) is 0 Å². The Morgan fingerprint density at radius 2 is 1.21 bits per heavy atom. The van der Waals surface area contributed by atoms with Crippen molar-refractivity contribution in [2.75, 3.05) is 0 Å². The molecule has 3 aromatic rings. The van der Waals surface area contributed by atoms with Crippen molar-refractivity contribution in [1.29, 1.82) is 0 Å². The summed E-state index contributed by atoms with van der Waals surface area (Å²) in [6.45, 7) is 7.83. The zero-order valence-electron chi connectivity index (χ0n) is 16.3. The highest BCUT2D eigenvalue weighted by molar-refractivity contribution is 5.92. The number of carbonyl (C=O) groups excluding carboxylic acids is 2. The van der Waals surface area contributed by atoms with Crippen LogP contribution in [0.5, 0.6) is 11.6 Å². The number of esters is 2. The topological polar surface area (TPSA) is 65.5 Å². The SMILES string of the molecule is Cc1ccc(C(=O)Oc2ccc(OC(=O)c3ccc(C)c(C)c3)nc2)cc1C. The number of aromatic nitrogens is 1. The molecule has 5 heteroatoms. The van der Waals surface area contributed by atoms with Crippen LogP contribution in [-0.4, -0.2) is 16.9 Å². The summed E-state index contributed by atoms with van der Waals surface area (Å²) >= 11 is 0. The molecule has 5 nitrogen and oxygen atoms in total. The molecule has 0 spiro atoms. The van der Waals surface area contributed by atoms with Crippen LogP contribution in [0.1, 0.15) is 43.0 Å². The summed E-state index contributed by atoms with van der Waals surface area (Å²) in [5, 5.41) is 0. The summed E-state index contributed by atoms with van der Waals surface area (Å²) in [5.41, 5.74) is 5.15. The van der Waals surface area contributed by atoms with Gasteiger partial charge in [-0.3, -0.25) is 0 Å². The number of carbonyl (C=O) groups is 2. The average Bonchev–Trinajstić information content (AvgIpc) is 2.67. The summed E-state index contributed by atoms with van der Waals surface area (Å²) in [7, 11) is 0. The summed E-state index contributed by atoms with van der Waals surface area (Å²) in [4.78, 5) is 28.5. The van der Waals surface area contributed by atoms with Gasteiger partial charge >= 0.3 is 11.9 Å². The first kappa shape index (κ1) is 19.3. The van der Waals surface area contributed by atoms with Gasteiger partial charge in [0.25, 0.3) is 0 Å². The van der Waals surface area contributed by atoms with Gasteiger partial charge in [0.15, 0.2) is 0 Å². The number of ether oxygens (including phenoxy) is 2. The quantitative estimate of drug-likeness (QED) is 0.616. The van der Waals surface area contributed by atoms with Crippen molar-refractivity contribution in [1.82, 2.24) is 4.98 Å². The predicted molar refractivity (Wildman–Crippen MR) is 106 cm³/mol. The minimum absolute atomic E-state index is 0.134. The molecule has 1 aromatic heterocycles. The Labute approximate surface area is 164 Å². The van der Waals surface area contributed by atoms with E-state index in [1.807, 2.05) is 39.8 Å². The van der Waals surface area contributed by atoms with Gasteiger partial charge < -0.3 is 9.47 Å². The lowest BCUT2D eigenvalue weighted by atomic mass is 10.1. The van der Waals surface area contributed by atoms with Crippen molar-refractivity contribution >= 4 is 11.9 Å². The highest BCUT2D eigenvalue weighted by Gasteiger charge is 2.12. The molecule has 0 bridgehead atoms. The average molecular weight is 375 g/mol. The Bertz CT molecular complexity index is 954. The summed E-state index contributed by atoms with van der Waals surface area (Å²) in [6.07, 6.45) is 1.35.